The summed E-state index contributed by atoms with van der Waals surface area (Å²) in [6, 6.07) is 5.81. The zero-order chi connectivity index (χ0) is 15.4. The number of hydrogen-bond acceptors (Lipinski definition) is 5. The topological polar surface area (TPSA) is 135 Å². The van der Waals surface area contributed by atoms with E-state index in [9.17, 15) is 14.4 Å². The number of carboxylic acid groups (broad SMARTS) is 1. The van der Waals surface area contributed by atoms with Gasteiger partial charge in [0.25, 0.3) is 5.91 Å². The number of rotatable bonds is 4. The molecule has 1 aromatic carbocycles. The van der Waals surface area contributed by atoms with Crippen LogP contribution in [-0.4, -0.2) is 32.9 Å². The monoisotopic (exact) mass is 286 g/mol. The molecule has 2 amide bonds. The Hall–Kier alpha value is -3.29. The number of nitrogens with two attached hydrogens (primary N) is 1. The molecule has 0 saturated carbocycles. The molecule has 0 spiro atoms. The zero-order valence-electron chi connectivity index (χ0n) is 10.6. The molecule has 2 rings (SSSR count). The maximum atomic E-state index is 12.0. The SMILES string of the molecule is NC(=O)c1ccc(NC(=O)c2nccnc2C(=O)O)cc1. The van der Waals surface area contributed by atoms with Crippen molar-refractivity contribution in [1.29, 1.82) is 0 Å². The number of amides is 2. The van der Waals surface area contributed by atoms with Crippen molar-refractivity contribution in [3.63, 3.8) is 0 Å². The van der Waals surface area contributed by atoms with Crippen LogP contribution in [0.4, 0.5) is 5.69 Å². The second-order valence-corrected chi connectivity index (χ2v) is 3.95. The smallest absolute Gasteiger partial charge is 0.356 e. The van der Waals surface area contributed by atoms with Gasteiger partial charge in [-0.25, -0.2) is 14.8 Å². The number of nitrogens with one attached hydrogen (secondary N) is 1. The van der Waals surface area contributed by atoms with Gasteiger partial charge in [0.05, 0.1) is 0 Å². The molecule has 1 heterocycles. The average molecular weight is 286 g/mol. The van der Waals surface area contributed by atoms with Gasteiger partial charge in [0.2, 0.25) is 5.91 Å². The fraction of sp³-hybridized carbons (Fsp3) is 0. The van der Waals surface area contributed by atoms with Crippen LogP contribution in [0, 0.1) is 0 Å². The molecule has 0 radical (unpaired) electrons. The molecule has 0 atom stereocenters. The summed E-state index contributed by atoms with van der Waals surface area (Å²) in [6.45, 7) is 0. The number of anilines is 1. The third kappa shape index (κ3) is 3.18. The van der Waals surface area contributed by atoms with Gasteiger partial charge in [0.15, 0.2) is 11.4 Å². The van der Waals surface area contributed by atoms with Crippen molar-refractivity contribution in [3.8, 4) is 0 Å². The molecule has 0 fully saturated rings. The van der Waals surface area contributed by atoms with Crippen LogP contribution in [0.15, 0.2) is 36.7 Å². The van der Waals surface area contributed by atoms with Gasteiger partial charge in [-0.1, -0.05) is 0 Å². The first kappa shape index (κ1) is 14.1. The highest BCUT2D eigenvalue weighted by Crippen LogP contribution is 2.11. The standard InChI is InChI=1S/C13H10N4O4/c14-11(18)7-1-3-8(4-2-7)17-12(19)9-10(13(20)21)16-6-5-15-9/h1-6H,(H2,14,18)(H,17,19)(H,20,21). The van der Waals surface area contributed by atoms with E-state index in [1.54, 1.807) is 0 Å². The van der Waals surface area contributed by atoms with E-state index in [0.717, 1.165) is 0 Å². The largest absolute Gasteiger partial charge is 0.476 e. The van der Waals surface area contributed by atoms with Crippen molar-refractivity contribution in [2.75, 3.05) is 5.32 Å². The Bertz CT molecular complexity index is 712. The van der Waals surface area contributed by atoms with Gasteiger partial charge in [-0.2, -0.15) is 0 Å². The Labute approximate surface area is 118 Å². The fourth-order valence-corrected chi connectivity index (χ4v) is 1.57. The molecule has 0 bridgehead atoms. The summed E-state index contributed by atoms with van der Waals surface area (Å²) in [5.41, 5.74) is 5.01. The van der Waals surface area contributed by atoms with Crippen LogP contribution in [-0.2, 0) is 0 Å². The van der Waals surface area contributed by atoms with Crippen molar-refractivity contribution in [2.45, 2.75) is 0 Å². The third-order valence-corrected chi connectivity index (χ3v) is 2.54. The molecule has 8 heteroatoms. The number of primary amides is 1. The van der Waals surface area contributed by atoms with Crippen LogP contribution >= 0.6 is 0 Å². The minimum atomic E-state index is -1.35. The van der Waals surface area contributed by atoms with E-state index in [0.29, 0.717) is 11.3 Å². The maximum absolute atomic E-state index is 12.0. The lowest BCUT2D eigenvalue weighted by molar-refractivity contribution is 0.0684. The fourth-order valence-electron chi connectivity index (χ4n) is 1.57. The van der Waals surface area contributed by atoms with Crippen LogP contribution in [0.3, 0.4) is 0 Å². The number of carbonyl (C=O) groups excluding carboxylic acids is 2. The highest BCUT2D eigenvalue weighted by Gasteiger charge is 2.19. The normalized spacial score (nSPS) is 9.90. The highest BCUT2D eigenvalue weighted by molar-refractivity contribution is 6.08. The van der Waals surface area contributed by atoms with Gasteiger partial charge >= 0.3 is 5.97 Å². The summed E-state index contributed by atoms with van der Waals surface area (Å²) in [5, 5.41) is 11.4. The van der Waals surface area contributed by atoms with Gasteiger partial charge in [0.1, 0.15) is 0 Å². The van der Waals surface area contributed by atoms with E-state index in [4.69, 9.17) is 10.8 Å². The first-order valence-corrected chi connectivity index (χ1v) is 5.74. The van der Waals surface area contributed by atoms with Crippen LogP contribution in [0.1, 0.15) is 31.3 Å². The van der Waals surface area contributed by atoms with Crippen molar-refractivity contribution >= 4 is 23.5 Å². The van der Waals surface area contributed by atoms with E-state index >= 15 is 0 Å². The van der Waals surface area contributed by atoms with Crippen molar-refractivity contribution < 1.29 is 19.5 Å². The quantitative estimate of drug-likeness (QED) is 0.750. The predicted molar refractivity (Wildman–Crippen MR) is 71.9 cm³/mol. The van der Waals surface area contributed by atoms with E-state index in [1.807, 2.05) is 0 Å². The Morgan fingerprint density at radius 2 is 1.57 bits per heavy atom. The molecule has 106 valence electrons. The number of carbonyl (C=O) groups is 3. The van der Waals surface area contributed by atoms with Gasteiger partial charge in [0, 0.05) is 23.6 Å². The molecule has 2 aromatic rings. The first-order chi connectivity index (χ1) is 9.99. The first-order valence-electron chi connectivity index (χ1n) is 5.74. The van der Waals surface area contributed by atoms with Crippen LogP contribution < -0.4 is 11.1 Å². The number of aromatic carboxylic acids is 1. The number of benzene rings is 1. The molecule has 0 aliphatic carbocycles. The van der Waals surface area contributed by atoms with Gasteiger partial charge in [-0.05, 0) is 24.3 Å². The molecular formula is C13H10N4O4. The maximum Gasteiger partial charge on any atom is 0.356 e. The summed E-state index contributed by atoms with van der Waals surface area (Å²) in [7, 11) is 0. The van der Waals surface area contributed by atoms with Crippen molar-refractivity contribution in [3.05, 3.63) is 53.6 Å². The Kier molecular flexibility index (Phi) is 3.89. The molecular weight excluding hydrogens is 276 g/mol. The van der Waals surface area contributed by atoms with E-state index in [-0.39, 0.29) is 5.69 Å². The molecule has 21 heavy (non-hydrogen) atoms. The Morgan fingerprint density at radius 3 is 2.10 bits per heavy atom. The van der Waals surface area contributed by atoms with E-state index in [1.165, 1.54) is 36.7 Å². The minimum Gasteiger partial charge on any atom is -0.476 e. The predicted octanol–water partition coefficient (Wildman–Crippen LogP) is 0.526. The number of carboxylic acids is 1. The summed E-state index contributed by atoms with van der Waals surface area (Å²) in [5.74, 6) is -2.65. The second-order valence-electron chi connectivity index (χ2n) is 3.95. The number of aromatic nitrogens is 2. The molecule has 1 aromatic heterocycles. The lowest BCUT2D eigenvalue weighted by Crippen LogP contribution is -2.19. The van der Waals surface area contributed by atoms with Crippen LogP contribution in [0.2, 0.25) is 0 Å². The Morgan fingerprint density at radius 1 is 1.00 bits per heavy atom. The molecule has 0 aliphatic rings. The summed E-state index contributed by atoms with van der Waals surface area (Å²) >= 11 is 0. The molecule has 8 nitrogen and oxygen atoms in total. The summed E-state index contributed by atoms with van der Waals surface area (Å²) < 4.78 is 0. The van der Waals surface area contributed by atoms with Crippen LogP contribution in [0.5, 0.6) is 0 Å². The summed E-state index contributed by atoms with van der Waals surface area (Å²) in [6.07, 6.45) is 2.40. The van der Waals surface area contributed by atoms with Gasteiger partial charge < -0.3 is 16.2 Å². The zero-order valence-corrected chi connectivity index (χ0v) is 10.6. The van der Waals surface area contributed by atoms with E-state index < -0.39 is 23.5 Å². The highest BCUT2D eigenvalue weighted by atomic mass is 16.4. The molecule has 4 N–H and O–H groups in total. The van der Waals surface area contributed by atoms with Crippen molar-refractivity contribution in [2.24, 2.45) is 5.73 Å². The van der Waals surface area contributed by atoms with Crippen molar-refractivity contribution in [1.82, 2.24) is 9.97 Å². The summed E-state index contributed by atoms with van der Waals surface area (Å²) in [4.78, 5) is 41.2. The lowest BCUT2D eigenvalue weighted by Gasteiger charge is -2.06. The third-order valence-electron chi connectivity index (χ3n) is 2.54. The number of nitrogens with zero attached hydrogens (tertiary/aromatic N) is 2. The van der Waals surface area contributed by atoms with Crippen LogP contribution in [0.25, 0.3) is 0 Å². The lowest BCUT2D eigenvalue weighted by atomic mass is 10.2. The van der Waals surface area contributed by atoms with Gasteiger partial charge in [-0.3, -0.25) is 9.59 Å². The van der Waals surface area contributed by atoms with E-state index in [2.05, 4.69) is 15.3 Å². The molecule has 0 saturated heterocycles. The Balaban J connectivity index is 2.22. The average Bonchev–Trinajstić information content (AvgIpc) is 2.47. The molecule has 0 unspecified atom stereocenters. The van der Waals surface area contributed by atoms with Gasteiger partial charge in [-0.15, -0.1) is 0 Å². The second kappa shape index (κ2) is 5.78. The number of hydrogen-bond donors (Lipinski definition) is 3. The molecule has 0 aliphatic heterocycles. The minimum absolute atomic E-state index is 0.290.